The minimum Gasteiger partial charge on any atom is -0.481 e. The monoisotopic (exact) mass is 456 g/mol. The molecule has 32 heavy (non-hydrogen) atoms. The number of nitrogens with zero attached hydrogens (tertiary/aromatic N) is 2. The number of nitrogens with one attached hydrogen (secondary N) is 1. The lowest BCUT2D eigenvalue weighted by Gasteiger charge is -2.27. The molecule has 0 aliphatic rings. The minimum absolute atomic E-state index is 0.0751. The second-order valence-electron chi connectivity index (χ2n) is 7.27. The largest absolute Gasteiger partial charge is 0.481 e. The highest BCUT2D eigenvalue weighted by Crippen LogP contribution is 2.22. The van der Waals surface area contributed by atoms with E-state index in [-0.39, 0.29) is 24.6 Å². The highest BCUT2D eigenvalue weighted by Gasteiger charge is 2.28. The molecule has 1 aromatic heterocycles. The van der Waals surface area contributed by atoms with Crippen LogP contribution in [0.2, 0.25) is 5.02 Å². The molecule has 2 aromatic carbocycles. The summed E-state index contributed by atoms with van der Waals surface area (Å²) in [7, 11) is 0. The van der Waals surface area contributed by atoms with E-state index in [1.54, 1.807) is 31.2 Å². The van der Waals surface area contributed by atoms with Gasteiger partial charge in [0.25, 0.3) is 11.5 Å². The molecule has 0 bridgehead atoms. The SMILES string of the molecule is CCCN(C(=O)[C@@H](C)Oc1cccc(Cl)c1)c1c(N)n(Cc2ccccc2)c(=O)[nH]c1=O. The van der Waals surface area contributed by atoms with Crippen LogP contribution in [-0.4, -0.2) is 28.1 Å². The molecule has 0 aliphatic carbocycles. The van der Waals surface area contributed by atoms with E-state index in [0.29, 0.717) is 17.2 Å². The first-order chi connectivity index (χ1) is 15.3. The van der Waals surface area contributed by atoms with Crippen LogP contribution in [0.1, 0.15) is 25.8 Å². The van der Waals surface area contributed by atoms with Crippen LogP contribution in [0.4, 0.5) is 11.5 Å². The van der Waals surface area contributed by atoms with Crippen molar-refractivity contribution in [2.24, 2.45) is 0 Å². The predicted octanol–water partition coefficient (Wildman–Crippen LogP) is 3.03. The van der Waals surface area contributed by atoms with Crippen LogP contribution in [0, 0.1) is 0 Å². The van der Waals surface area contributed by atoms with Crippen molar-refractivity contribution in [1.29, 1.82) is 0 Å². The summed E-state index contributed by atoms with van der Waals surface area (Å²) in [4.78, 5) is 42.0. The second kappa shape index (κ2) is 10.2. The van der Waals surface area contributed by atoms with E-state index >= 15 is 0 Å². The van der Waals surface area contributed by atoms with Gasteiger partial charge in [0.2, 0.25) is 0 Å². The number of halogens is 1. The number of hydrogen-bond acceptors (Lipinski definition) is 5. The van der Waals surface area contributed by atoms with E-state index in [9.17, 15) is 14.4 Å². The molecule has 0 unspecified atom stereocenters. The number of ether oxygens (including phenoxy) is 1. The first-order valence-electron chi connectivity index (χ1n) is 10.2. The van der Waals surface area contributed by atoms with Crippen molar-refractivity contribution < 1.29 is 9.53 Å². The summed E-state index contributed by atoms with van der Waals surface area (Å²) in [5.74, 6) is -0.126. The summed E-state index contributed by atoms with van der Waals surface area (Å²) >= 11 is 5.99. The molecule has 1 heterocycles. The Morgan fingerprint density at radius 3 is 2.56 bits per heavy atom. The van der Waals surface area contributed by atoms with Crippen LogP contribution in [0.3, 0.4) is 0 Å². The van der Waals surface area contributed by atoms with Gasteiger partial charge in [-0.05, 0) is 37.1 Å². The van der Waals surface area contributed by atoms with Crippen molar-refractivity contribution >= 4 is 29.0 Å². The van der Waals surface area contributed by atoms with Gasteiger partial charge in [0.15, 0.2) is 11.8 Å². The molecule has 168 valence electrons. The number of amides is 1. The van der Waals surface area contributed by atoms with E-state index in [2.05, 4.69) is 4.98 Å². The van der Waals surface area contributed by atoms with Crippen molar-refractivity contribution in [2.75, 3.05) is 17.2 Å². The third kappa shape index (κ3) is 5.20. The molecular formula is C23H25ClN4O4. The maximum atomic E-state index is 13.3. The zero-order valence-corrected chi connectivity index (χ0v) is 18.6. The molecular weight excluding hydrogens is 432 g/mol. The van der Waals surface area contributed by atoms with Gasteiger partial charge in [-0.2, -0.15) is 0 Å². The lowest BCUT2D eigenvalue weighted by Crippen LogP contribution is -2.46. The molecule has 0 saturated carbocycles. The fourth-order valence-electron chi connectivity index (χ4n) is 3.33. The first kappa shape index (κ1) is 23.1. The lowest BCUT2D eigenvalue weighted by atomic mass is 10.2. The average Bonchev–Trinajstić information content (AvgIpc) is 2.76. The summed E-state index contributed by atoms with van der Waals surface area (Å²) in [5.41, 5.74) is 5.64. The Labute approximate surface area is 190 Å². The predicted molar refractivity (Wildman–Crippen MR) is 125 cm³/mol. The number of benzene rings is 2. The molecule has 0 aliphatic heterocycles. The Morgan fingerprint density at radius 2 is 1.91 bits per heavy atom. The van der Waals surface area contributed by atoms with Gasteiger partial charge >= 0.3 is 5.69 Å². The molecule has 0 radical (unpaired) electrons. The molecule has 3 rings (SSSR count). The zero-order valence-electron chi connectivity index (χ0n) is 17.9. The third-order valence-electron chi connectivity index (χ3n) is 4.84. The summed E-state index contributed by atoms with van der Waals surface area (Å²) in [6, 6.07) is 15.9. The number of carbonyl (C=O) groups is 1. The van der Waals surface area contributed by atoms with Gasteiger partial charge in [-0.25, -0.2) is 4.79 Å². The third-order valence-corrected chi connectivity index (χ3v) is 5.07. The number of anilines is 2. The molecule has 1 atom stereocenters. The van der Waals surface area contributed by atoms with Gasteiger partial charge in [-0.15, -0.1) is 0 Å². The van der Waals surface area contributed by atoms with Gasteiger partial charge in [-0.1, -0.05) is 54.9 Å². The van der Waals surface area contributed by atoms with E-state index in [1.165, 1.54) is 9.47 Å². The average molecular weight is 457 g/mol. The number of carbonyl (C=O) groups excluding carboxylic acids is 1. The number of aromatic nitrogens is 2. The summed E-state index contributed by atoms with van der Waals surface area (Å²) in [6.07, 6.45) is -0.361. The number of hydrogen-bond donors (Lipinski definition) is 2. The number of rotatable bonds is 8. The summed E-state index contributed by atoms with van der Waals surface area (Å²) < 4.78 is 6.98. The van der Waals surface area contributed by atoms with E-state index in [1.807, 2.05) is 37.3 Å². The Morgan fingerprint density at radius 1 is 1.19 bits per heavy atom. The van der Waals surface area contributed by atoms with Crippen LogP contribution in [0.15, 0.2) is 64.2 Å². The van der Waals surface area contributed by atoms with Crippen molar-refractivity contribution in [3.05, 3.63) is 86.0 Å². The number of nitrogens with two attached hydrogens (primary N) is 1. The Kier molecular flexibility index (Phi) is 7.37. The zero-order chi connectivity index (χ0) is 23.3. The smallest absolute Gasteiger partial charge is 0.330 e. The molecule has 0 saturated heterocycles. The molecule has 0 spiro atoms. The lowest BCUT2D eigenvalue weighted by molar-refractivity contribution is -0.124. The number of aromatic amines is 1. The van der Waals surface area contributed by atoms with Crippen LogP contribution in [-0.2, 0) is 11.3 Å². The van der Waals surface area contributed by atoms with E-state index in [0.717, 1.165) is 5.56 Å². The van der Waals surface area contributed by atoms with Crippen LogP contribution in [0.5, 0.6) is 5.75 Å². The maximum absolute atomic E-state index is 13.3. The molecule has 3 N–H and O–H groups in total. The summed E-state index contributed by atoms with van der Waals surface area (Å²) in [6.45, 7) is 3.82. The standard InChI is InChI=1S/C23H25ClN4O4/c1-3-12-27(22(30)15(2)32-18-11-7-10-17(24)13-18)19-20(25)28(23(31)26-21(19)29)14-16-8-5-4-6-9-16/h4-11,13,15H,3,12,14,25H2,1-2H3,(H,26,29,31)/t15-/m1/s1. The molecule has 9 heteroatoms. The molecule has 3 aromatic rings. The first-order valence-corrected chi connectivity index (χ1v) is 10.6. The van der Waals surface area contributed by atoms with Gasteiger partial charge in [0.1, 0.15) is 11.6 Å². The quantitative estimate of drug-likeness (QED) is 0.541. The van der Waals surface area contributed by atoms with Gasteiger partial charge in [0, 0.05) is 11.6 Å². The maximum Gasteiger partial charge on any atom is 0.330 e. The minimum atomic E-state index is -0.923. The van der Waals surface area contributed by atoms with Crippen molar-refractivity contribution in [1.82, 2.24) is 9.55 Å². The topological polar surface area (TPSA) is 110 Å². The highest BCUT2D eigenvalue weighted by molar-refractivity contribution is 6.30. The fourth-order valence-corrected chi connectivity index (χ4v) is 3.51. The Bertz CT molecular complexity index is 1210. The molecule has 8 nitrogen and oxygen atoms in total. The van der Waals surface area contributed by atoms with Gasteiger partial charge in [-0.3, -0.25) is 19.1 Å². The normalized spacial score (nSPS) is 11.7. The van der Waals surface area contributed by atoms with E-state index < -0.39 is 23.3 Å². The van der Waals surface area contributed by atoms with Crippen LogP contribution >= 0.6 is 11.6 Å². The van der Waals surface area contributed by atoms with Gasteiger partial charge < -0.3 is 15.4 Å². The van der Waals surface area contributed by atoms with E-state index in [4.69, 9.17) is 22.1 Å². The highest BCUT2D eigenvalue weighted by atomic mass is 35.5. The second-order valence-corrected chi connectivity index (χ2v) is 7.71. The van der Waals surface area contributed by atoms with Crippen molar-refractivity contribution in [3.8, 4) is 5.75 Å². The molecule has 1 amide bonds. The van der Waals surface area contributed by atoms with Crippen molar-refractivity contribution in [2.45, 2.75) is 32.9 Å². The Hall–Kier alpha value is -3.52. The number of H-pyrrole nitrogens is 1. The van der Waals surface area contributed by atoms with Crippen LogP contribution in [0.25, 0.3) is 0 Å². The fraction of sp³-hybridized carbons (Fsp3) is 0.261. The summed E-state index contributed by atoms with van der Waals surface area (Å²) in [5, 5.41) is 0.473. The Balaban J connectivity index is 1.97. The number of nitrogen functional groups attached to an aromatic ring is 1. The van der Waals surface area contributed by atoms with Crippen molar-refractivity contribution in [3.63, 3.8) is 0 Å². The molecule has 0 fully saturated rings. The van der Waals surface area contributed by atoms with Gasteiger partial charge in [0.05, 0.1) is 6.54 Å². The van der Waals surface area contributed by atoms with Crippen LogP contribution < -0.4 is 26.6 Å².